The van der Waals surface area contributed by atoms with Crippen molar-refractivity contribution in [2.75, 3.05) is 0 Å². The van der Waals surface area contributed by atoms with Crippen LogP contribution in [0.15, 0.2) is 18.2 Å². The minimum Gasteiger partial charge on any atom is -0.410 e. The molecule has 0 aromatic heterocycles. The Balaban J connectivity index is 3.11. The van der Waals surface area contributed by atoms with Gasteiger partial charge < -0.3 is 10.5 Å². The molecule has 82 valence electrons. The zero-order valence-electron chi connectivity index (χ0n) is 7.14. The normalized spacial score (nSPS) is 11.2. The summed E-state index contributed by atoms with van der Waals surface area (Å²) < 4.78 is 41.2. The number of nitrogens with two attached hydrogens (primary N) is 1. The number of hydrogen-bond acceptors (Lipinski definition) is 2. The smallest absolute Gasteiger partial charge is 0.410 e. The molecule has 0 radical (unpaired) electrons. The molecule has 1 aromatic carbocycles. The van der Waals surface area contributed by atoms with Crippen LogP contribution in [0.1, 0.15) is 5.56 Å². The van der Waals surface area contributed by atoms with E-state index < -0.39 is 22.9 Å². The summed E-state index contributed by atoms with van der Waals surface area (Å²) in [5.74, 6) is -0.306. The minimum atomic E-state index is -4.60. The van der Waals surface area contributed by atoms with Crippen LogP contribution in [0.25, 0.3) is 0 Å². The number of hydrogen-bond donors (Lipinski definition) is 1. The van der Waals surface area contributed by atoms with Crippen molar-refractivity contribution in [2.45, 2.75) is 6.18 Å². The molecule has 0 saturated heterocycles. The van der Waals surface area contributed by atoms with E-state index >= 15 is 0 Å². The molecule has 2 N–H and O–H groups in total. The predicted molar refractivity (Wildman–Crippen MR) is 46.7 cm³/mol. The molecule has 15 heavy (non-hydrogen) atoms. The van der Waals surface area contributed by atoms with Crippen LogP contribution in [0.4, 0.5) is 18.0 Å². The van der Waals surface area contributed by atoms with Crippen LogP contribution in [0.2, 0.25) is 5.02 Å². The molecule has 0 unspecified atom stereocenters. The third-order valence-corrected chi connectivity index (χ3v) is 1.79. The zero-order chi connectivity index (χ0) is 11.6. The van der Waals surface area contributed by atoms with Crippen molar-refractivity contribution in [2.24, 2.45) is 5.73 Å². The Morgan fingerprint density at radius 1 is 1.40 bits per heavy atom. The van der Waals surface area contributed by atoms with Crippen molar-refractivity contribution in [3.63, 3.8) is 0 Å². The first-order chi connectivity index (χ1) is 6.80. The zero-order valence-corrected chi connectivity index (χ0v) is 7.89. The molecule has 0 atom stereocenters. The maximum atomic E-state index is 12.3. The lowest BCUT2D eigenvalue weighted by Crippen LogP contribution is -2.16. The van der Waals surface area contributed by atoms with Crippen LogP contribution in [0.5, 0.6) is 5.75 Å². The van der Waals surface area contributed by atoms with Gasteiger partial charge >= 0.3 is 12.3 Å². The van der Waals surface area contributed by atoms with Gasteiger partial charge in [-0.05, 0) is 18.2 Å². The van der Waals surface area contributed by atoms with E-state index in [1.54, 1.807) is 0 Å². The van der Waals surface area contributed by atoms with Gasteiger partial charge in [-0.15, -0.1) is 0 Å². The van der Waals surface area contributed by atoms with Gasteiger partial charge in [-0.2, -0.15) is 13.2 Å². The summed E-state index contributed by atoms with van der Waals surface area (Å²) in [7, 11) is 0. The number of carbonyl (C=O) groups excluding carboxylic acids is 1. The summed E-state index contributed by atoms with van der Waals surface area (Å²) >= 11 is 5.33. The van der Waals surface area contributed by atoms with Gasteiger partial charge in [-0.25, -0.2) is 4.79 Å². The molecule has 7 heteroatoms. The Labute approximate surface area is 87.6 Å². The van der Waals surface area contributed by atoms with E-state index in [4.69, 9.17) is 11.6 Å². The van der Waals surface area contributed by atoms with Gasteiger partial charge in [0.2, 0.25) is 0 Å². The van der Waals surface area contributed by atoms with Gasteiger partial charge in [0, 0.05) is 0 Å². The number of benzene rings is 1. The summed E-state index contributed by atoms with van der Waals surface area (Å²) in [5.41, 5.74) is 3.57. The van der Waals surface area contributed by atoms with Gasteiger partial charge in [0.1, 0.15) is 5.75 Å². The first-order valence-corrected chi connectivity index (χ1v) is 4.02. The van der Waals surface area contributed by atoms with Crippen LogP contribution in [-0.2, 0) is 6.18 Å². The lowest BCUT2D eigenvalue weighted by Gasteiger charge is -2.10. The highest BCUT2D eigenvalue weighted by Crippen LogP contribution is 2.36. The highest BCUT2D eigenvalue weighted by atomic mass is 35.5. The summed E-state index contributed by atoms with van der Waals surface area (Å²) in [5, 5.41) is -0.473. The number of halogens is 4. The van der Waals surface area contributed by atoms with Crippen molar-refractivity contribution >= 4 is 17.7 Å². The van der Waals surface area contributed by atoms with Crippen LogP contribution in [0.3, 0.4) is 0 Å². The van der Waals surface area contributed by atoms with E-state index in [0.717, 1.165) is 12.1 Å². The van der Waals surface area contributed by atoms with E-state index in [1.165, 1.54) is 0 Å². The maximum Gasteiger partial charge on any atom is 0.417 e. The van der Waals surface area contributed by atoms with Crippen molar-refractivity contribution in [1.82, 2.24) is 0 Å². The summed E-state index contributed by atoms with van der Waals surface area (Å²) in [6.07, 6.45) is -5.79. The second-order valence-electron chi connectivity index (χ2n) is 2.56. The Hall–Kier alpha value is -1.43. The number of amides is 1. The van der Waals surface area contributed by atoms with Crippen molar-refractivity contribution in [3.05, 3.63) is 28.8 Å². The quantitative estimate of drug-likeness (QED) is 0.819. The number of alkyl halides is 3. The SMILES string of the molecule is NC(=O)Oc1ccc(Cl)c(C(F)(F)F)c1. The third kappa shape index (κ3) is 3.02. The first-order valence-electron chi connectivity index (χ1n) is 3.65. The van der Waals surface area contributed by atoms with Gasteiger partial charge in [0.25, 0.3) is 0 Å². The summed E-state index contributed by atoms with van der Waals surface area (Å²) in [6.45, 7) is 0. The molecule has 1 amide bonds. The molecule has 0 aliphatic rings. The van der Waals surface area contributed by atoms with E-state index in [-0.39, 0.29) is 5.75 Å². The maximum absolute atomic E-state index is 12.3. The van der Waals surface area contributed by atoms with E-state index in [0.29, 0.717) is 6.07 Å². The fraction of sp³-hybridized carbons (Fsp3) is 0.125. The number of ether oxygens (including phenoxy) is 1. The monoisotopic (exact) mass is 239 g/mol. The minimum absolute atomic E-state index is 0.306. The average Bonchev–Trinajstić information content (AvgIpc) is 2.05. The molecule has 0 bridgehead atoms. The second-order valence-corrected chi connectivity index (χ2v) is 2.97. The molecular weight excluding hydrogens is 235 g/mol. The Bertz CT molecular complexity index is 392. The third-order valence-electron chi connectivity index (χ3n) is 1.46. The molecule has 0 heterocycles. The highest BCUT2D eigenvalue weighted by Gasteiger charge is 2.33. The first kappa shape index (κ1) is 11.6. The van der Waals surface area contributed by atoms with Crippen LogP contribution in [-0.4, -0.2) is 6.09 Å². The fourth-order valence-electron chi connectivity index (χ4n) is 0.901. The lowest BCUT2D eigenvalue weighted by atomic mass is 10.2. The number of rotatable bonds is 1. The largest absolute Gasteiger partial charge is 0.417 e. The van der Waals surface area contributed by atoms with Gasteiger partial charge in [0.05, 0.1) is 10.6 Å². The van der Waals surface area contributed by atoms with Crippen molar-refractivity contribution in [1.29, 1.82) is 0 Å². The molecule has 0 aliphatic carbocycles. The van der Waals surface area contributed by atoms with Crippen LogP contribution < -0.4 is 10.5 Å². The summed E-state index contributed by atoms with van der Waals surface area (Å²) in [4.78, 5) is 10.3. The fourth-order valence-corrected chi connectivity index (χ4v) is 1.13. The molecule has 0 fully saturated rings. The molecule has 0 spiro atoms. The van der Waals surface area contributed by atoms with Crippen LogP contribution in [0, 0.1) is 0 Å². The Morgan fingerprint density at radius 2 is 2.00 bits per heavy atom. The molecule has 1 aromatic rings. The van der Waals surface area contributed by atoms with E-state index in [2.05, 4.69) is 10.5 Å². The van der Waals surface area contributed by atoms with E-state index in [1.807, 2.05) is 0 Å². The van der Waals surface area contributed by atoms with E-state index in [9.17, 15) is 18.0 Å². The Kier molecular flexibility index (Phi) is 3.09. The lowest BCUT2D eigenvalue weighted by molar-refractivity contribution is -0.137. The van der Waals surface area contributed by atoms with Crippen molar-refractivity contribution in [3.8, 4) is 5.75 Å². The molecule has 1 rings (SSSR count). The van der Waals surface area contributed by atoms with Crippen LogP contribution >= 0.6 is 11.6 Å². The molecule has 0 aliphatic heterocycles. The number of carbonyl (C=O) groups is 1. The number of primary amides is 1. The van der Waals surface area contributed by atoms with Crippen molar-refractivity contribution < 1.29 is 22.7 Å². The second kappa shape index (κ2) is 3.98. The topological polar surface area (TPSA) is 52.3 Å². The van der Waals surface area contributed by atoms with Gasteiger partial charge in [0.15, 0.2) is 0 Å². The van der Waals surface area contributed by atoms with Gasteiger partial charge in [-0.3, -0.25) is 0 Å². The molecule has 3 nitrogen and oxygen atoms in total. The average molecular weight is 240 g/mol. The standard InChI is InChI=1S/C8H5ClF3NO2/c9-6-2-1-4(15-7(13)14)3-5(6)8(10,11)12/h1-3H,(H2,13,14). The molecular formula is C8H5ClF3NO2. The predicted octanol–water partition coefficient (Wildman–Crippen LogP) is 2.82. The highest BCUT2D eigenvalue weighted by molar-refractivity contribution is 6.31. The summed E-state index contributed by atoms with van der Waals surface area (Å²) in [6, 6.07) is 2.69. The van der Waals surface area contributed by atoms with Gasteiger partial charge in [-0.1, -0.05) is 11.6 Å². The molecule has 0 saturated carbocycles. The Morgan fingerprint density at radius 3 is 2.47 bits per heavy atom.